The number of nitrogens with one attached hydrogen (secondary N) is 1. The van der Waals surface area contributed by atoms with Gasteiger partial charge in [0.05, 0.1) is 0 Å². The van der Waals surface area contributed by atoms with Gasteiger partial charge in [-0.2, -0.15) is 0 Å². The summed E-state index contributed by atoms with van der Waals surface area (Å²) in [6.07, 6.45) is 0. The first-order valence-corrected chi connectivity index (χ1v) is 7.28. The van der Waals surface area contributed by atoms with Gasteiger partial charge in [-0.25, -0.2) is 4.79 Å². The number of carbonyl (C=O) groups is 1. The molecule has 5 heteroatoms. The second kappa shape index (κ2) is 7.34. The van der Waals surface area contributed by atoms with Crippen molar-refractivity contribution in [2.24, 2.45) is 0 Å². The predicted octanol–water partition coefficient (Wildman–Crippen LogP) is 4.34. The fraction of sp³-hybridized carbons (Fsp3) is 0.188. The third kappa shape index (κ3) is 4.66. The first-order chi connectivity index (χ1) is 10.1. The van der Waals surface area contributed by atoms with Crippen LogP contribution in [0.25, 0.3) is 0 Å². The van der Waals surface area contributed by atoms with E-state index in [0.717, 1.165) is 11.1 Å². The first-order valence-electron chi connectivity index (χ1n) is 6.53. The molecule has 0 spiro atoms. The van der Waals surface area contributed by atoms with Gasteiger partial charge in [0.25, 0.3) is 0 Å². The lowest BCUT2D eigenvalue weighted by atomic mass is 10.2. The van der Waals surface area contributed by atoms with E-state index in [9.17, 15) is 4.79 Å². The van der Waals surface area contributed by atoms with Crippen molar-refractivity contribution in [3.8, 4) is 0 Å². The van der Waals surface area contributed by atoms with Crippen LogP contribution >= 0.6 is 23.2 Å². The molecular formula is C16H16Cl2N2O. The molecule has 2 aromatic carbocycles. The molecule has 0 saturated heterocycles. The zero-order valence-electron chi connectivity index (χ0n) is 11.6. The minimum Gasteiger partial charge on any atom is -0.334 e. The van der Waals surface area contributed by atoms with E-state index >= 15 is 0 Å². The second-order valence-electron chi connectivity index (χ2n) is 4.74. The van der Waals surface area contributed by atoms with Crippen molar-refractivity contribution < 1.29 is 4.79 Å². The van der Waals surface area contributed by atoms with E-state index in [1.807, 2.05) is 36.4 Å². The molecule has 2 amide bonds. The van der Waals surface area contributed by atoms with E-state index < -0.39 is 0 Å². The maximum Gasteiger partial charge on any atom is 0.317 e. The Labute approximate surface area is 134 Å². The van der Waals surface area contributed by atoms with E-state index in [0.29, 0.717) is 23.1 Å². The molecule has 2 aromatic rings. The molecule has 0 radical (unpaired) electrons. The Balaban J connectivity index is 1.90. The topological polar surface area (TPSA) is 32.3 Å². The highest BCUT2D eigenvalue weighted by Gasteiger charge is 2.10. The van der Waals surface area contributed by atoms with Crippen LogP contribution in [0.4, 0.5) is 4.79 Å². The molecular weight excluding hydrogens is 307 g/mol. The highest BCUT2D eigenvalue weighted by molar-refractivity contribution is 6.35. The summed E-state index contributed by atoms with van der Waals surface area (Å²) in [7, 11) is 1.73. The van der Waals surface area contributed by atoms with Crippen LogP contribution in [-0.4, -0.2) is 18.0 Å². The number of nitrogens with zero attached hydrogens (tertiary/aromatic N) is 1. The molecule has 0 aromatic heterocycles. The standard InChI is InChI=1S/C16H16Cl2N2O/c1-20(11-13-7-8-14(17)9-15(13)18)16(21)19-10-12-5-3-2-4-6-12/h2-9H,10-11H2,1H3,(H,19,21). The molecule has 0 bridgehead atoms. The Bertz CT molecular complexity index is 617. The summed E-state index contributed by atoms with van der Waals surface area (Å²) in [5, 5.41) is 4.01. The Morgan fingerprint density at radius 3 is 2.52 bits per heavy atom. The van der Waals surface area contributed by atoms with E-state index in [2.05, 4.69) is 5.32 Å². The lowest BCUT2D eigenvalue weighted by Gasteiger charge is -2.19. The van der Waals surface area contributed by atoms with Gasteiger partial charge in [-0.1, -0.05) is 59.6 Å². The molecule has 0 atom stereocenters. The summed E-state index contributed by atoms with van der Waals surface area (Å²) in [5.74, 6) is 0. The fourth-order valence-corrected chi connectivity index (χ4v) is 2.35. The third-order valence-corrected chi connectivity index (χ3v) is 3.64. The van der Waals surface area contributed by atoms with Gasteiger partial charge in [0.1, 0.15) is 0 Å². The molecule has 2 rings (SSSR count). The van der Waals surface area contributed by atoms with Gasteiger partial charge in [-0.05, 0) is 23.3 Å². The largest absolute Gasteiger partial charge is 0.334 e. The molecule has 0 saturated carbocycles. The Kier molecular flexibility index (Phi) is 5.48. The number of hydrogen-bond acceptors (Lipinski definition) is 1. The van der Waals surface area contributed by atoms with Crippen LogP contribution < -0.4 is 5.32 Å². The minimum absolute atomic E-state index is 0.148. The van der Waals surface area contributed by atoms with E-state index in [1.165, 1.54) is 0 Å². The molecule has 0 unspecified atom stereocenters. The molecule has 0 aliphatic carbocycles. The van der Waals surface area contributed by atoms with Crippen molar-refractivity contribution in [1.29, 1.82) is 0 Å². The zero-order valence-corrected chi connectivity index (χ0v) is 13.2. The van der Waals surface area contributed by atoms with Gasteiger partial charge in [0, 0.05) is 30.2 Å². The maximum absolute atomic E-state index is 12.0. The van der Waals surface area contributed by atoms with E-state index in [1.54, 1.807) is 24.1 Å². The van der Waals surface area contributed by atoms with Crippen molar-refractivity contribution >= 4 is 29.2 Å². The van der Waals surface area contributed by atoms with Crippen LogP contribution in [0.1, 0.15) is 11.1 Å². The normalized spacial score (nSPS) is 10.2. The summed E-state index contributed by atoms with van der Waals surface area (Å²) >= 11 is 12.0. The predicted molar refractivity (Wildman–Crippen MR) is 86.6 cm³/mol. The Morgan fingerprint density at radius 1 is 1.14 bits per heavy atom. The third-order valence-electron chi connectivity index (χ3n) is 3.06. The summed E-state index contributed by atoms with van der Waals surface area (Å²) in [6.45, 7) is 0.926. The molecule has 0 aliphatic rings. The lowest BCUT2D eigenvalue weighted by molar-refractivity contribution is 0.206. The maximum atomic E-state index is 12.0. The molecule has 0 aliphatic heterocycles. The smallest absolute Gasteiger partial charge is 0.317 e. The van der Waals surface area contributed by atoms with Crippen LogP contribution in [0.2, 0.25) is 10.0 Å². The van der Waals surface area contributed by atoms with Crippen LogP contribution in [-0.2, 0) is 13.1 Å². The number of urea groups is 1. The van der Waals surface area contributed by atoms with Crippen LogP contribution in [0.5, 0.6) is 0 Å². The van der Waals surface area contributed by atoms with Gasteiger partial charge in [0.15, 0.2) is 0 Å². The SMILES string of the molecule is CN(Cc1ccc(Cl)cc1Cl)C(=O)NCc1ccccc1. The number of carbonyl (C=O) groups excluding carboxylic acids is 1. The summed E-state index contributed by atoms with van der Waals surface area (Å²) in [5.41, 5.74) is 1.92. The van der Waals surface area contributed by atoms with Crippen molar-refractivity contribution in [1.82, 2.24) is 10.2 Å². The highest BCUT2D eigenvalue weighted by atomic mass is 35.5. The highest BCUT2D eigenvalue weighted by Crippen LogP contribution is 2.21. The van der Waals surface area contributed by atoms with Crippen molar-refractivity contribution in [2.75, 3.05) is 7.05 Å². The number of rotatable bonds is 4. The average Bonchev–Trinajstić information content (AvgIpc) is 2.48. The van der Waals surface area contributed by atoms with Gasteiger partial charge < -0.3 is 10.2 Å². The lowest BCUT2D eigenvalue weighted by Crippen LogP contribution is -2.36. The number of amides is 2. The number of benzene rings is 2. The van der Waals surface area contributed by atoms with E-state index in [4.69, 9.17) is 23.2 Å². The van der Waals surface area contributed by atoms with Gasteiger partial charge in [-0.15, -0.1) is 0 Å². The van der Waals surface area contributed by atoms with Crippen LogP contribution in [0, 0.1) is 0 Å². The van der Waals surface area contributed by atoms with Crippen molar-refractivity contribution in [3.05, 3.63) is 69.7 Å². The van der Waals surface area contributed by atoms with Gasteiger partial charge >= 0.3 is 6.03 Å². The average molecular weight is 323 g/mol. The van der Waals surface area contributed by atoms with Gasteiger partial charge in [-0.3, -0.25) is 0 Å². The second-order valence-corrected chi connectivity index (χ2v) is 5.58. The Hall–Kier alpha value is -1.71. The Morgan fingerprint density at radius 2 is 1.86 bits per heavy atom. The minimum atomic E-state index is -0.148. The fourth-order valence-electron chi connectivity index (χ4n) is 1.89. The summed E-state index contributed by atoms with van der Waals surface area (Å²) < 4.78 is 0. The summed E-state index contributed by atoms with van der Waals surface area (Å²) in [6, 6.07) is 14.9. The molecule has 1 N–H and O–H groups in total. The molecule has 0 heterocycles. The van der Waals surface area contributed by atoms with Crippen LogP contribution in [0.3, 0.4) is 0 Å². The molecule has 110 valence electrons. The summed E-state index contributed by atoms with van der Waals surface area (Å²) in [4.78, 5) is 13.6. The number of halogens is 2. The van der Waals surface area contributed by atoms with E-state index in [-0.39, 0.29) is 6.03 Å². The quantitative estimate of drug-likeness (QED) is 0.892. The zero-order chi connectivity index (χ0) is 15.2. The number of hydrogen-bond donors (Lipinski definition) is 1. The molecule has 21 heavy (non-hydrogen) atoms. The first kappa shape index (κ1) is 15.7. The molecule has 0 fully saturated rings. The van der Waals surface area contributed by atoms with Crippen molar-refractivity contribution in [2.45, 2.75) is 13.1 Å². The van der Waals surface area contributed by atoms with Gasteiger partial charge in [0.2, 0.25) is 0 Å². The molecule has 3 nitrogen and oxygen atoms in total. The van der Waals surface area contributed by atoms with Crippen molar-refractivity contribution in [3.63, 3.8) is 0 Å². The van der Waals surface area contributed by atoms with Crippen LogP contribution in [0.15, 0.2) is 48.5 Å². The monoisotopic (exact) mass is 322 g/mol.